The van der Waals surface area contributed by atoms with Crippen LogP contribution in [0.1, 0.15) is 0 Å². The maximum Gasteiger partial charge on any atom is 0.404 e. The normalized spacial score (nSPS) is 9.67. The predicted octanol–water partition coefficient (Wildman–Crippen LogP) is 1.94. The molecule has 1 aromatic heterocycles. The van der Waals surface area contributed by atoms with E-state index in [1.54, 1.807) is 23.1 Å². The first-order valence-electron chi connectivity index (χ1n) is 3.37. The third-order valence-electron chi connectivity index (χ3n) is 1.07. The first kappa shape index (κ1) is 9.41. The van der Waals surface area contributed by atoms with Crippen molar-refractivity contribution in [2.24, 2.45) is 5.73 Å². The number of thiophene rings is 1. The highest BCUT2D eigenvalue weighted by molar-refractivity contribution is 8.01. The number of rotatable bonds is 4. The summed E-state index contributed by atoms with van der Waals surface area (Å²) in [7, 11) is 0. The summed E-state index contributed by atoms with van der Waals surface area (Å²) >= 11 is 3.33. The van der Waals surface area contributed by atoms with Crippen LogP contribution in [0.3, 0.4) is 0 Å². The Morgan fingerprint density at radius 3 is 3.17 bits per heavy atom. The number of hydrogen-bond acceptors (Lipinski definition) is 4. The van der Waals surface area contributed by atoms with Crippen molar-refractivity contribution in [2.75, 3.05) is 12.4 Å². The Morgan fingerprint density at radius 2 is 2.58 bits per heavy atom. The highest BCUT2D eigenvalue weighted by Gasteiger charge is 1.96. The summed E-state index contributed by atoms with van der Waals surface area (Å²) in [6.07, 6.45) is -0.707. The SMILES string of the molecule is NC(=O)OCCSc1cccs1. The fourth-order valence-corrected chi connectivity index (χ4v) is 2.31. The highest BCUT2D eigenvalue weighted by Crippen LogP contribution is 2.22. The number of hydrogen-bond donors (Lipinski definition) is 1. The van der Waals surface area contributed by atoms with Crippen LogP contribution in [0.25, 0.3) is 0 Å². The van der Waals surface area contributed by atoms with E-state index in [2.05, 4.69) is 4.74 Å². The first-order valence-corrected chi connectivity index (χ1v) is 5.24. The molecule has 0 aliphatic heterocycles. The molecule has 2 N–H and O–H groups in total. The standard InChI is InChI=1S/C7H9NO2S2/c8-7(9)10-3-5-12-6-2-1-4-11-6/h1-2,4H,3,5H2,(H2,8,9). The molecule has 0 saturated carbocycles. The Morgan fingerprint density at radius 1 is 1.75 bits per heavy atom. The Balaban J connectivity index is 2.07. The maximum absolute atomic E-state index is 10.2. The zero-order chi connectivity index (χ0) is 8.81. The van der Waals surface area contributed by atoms with E-state index in [0.717, 1.165) is 5.75 Å². The van der Waals surface area contributed by atoms with E-state index in [1.807, 2.05) is 17.5 Å². The fraction of sp³-hybridized carbons (Fsp3) is 0.286. The average Bonchev–Trinajstić information content (AvgIpc) is 2.49. The second kappa shape index (κ2) is 5.05. The largest absolute Gasteiger partial charge is 0.449 e. The minimum absolute atomic E-state index is 0.373. The molecule has 1 heterocycles. The summed E-state index contributed by atoms with van der Waals surface area (Å²) in [5.41, 5.74) is 4.78. The lowest BCUT2D eigenvalue weighted by Crippen LogP contribution is -2.14. The molecule has 0 bridgehead atoms. The van der Waals surface area contributed by atoms with Crippen LogP contribution < -0.4 is 5.73 Å². The second-order valence-corrected chi connectivity index (χ2v) is 4.29. The van der Waals surface area contributed by atoms with Crippen LogP contribution in [0.2, 0.25) is 0 Å². The molecular formula is C7H9NO2S2. The van der Waals surface area contributed by atoms with Gasteiger partial charge in [-0.1, -0.05) is 6.07 Å². The molecule has 0 aliphatic rings. The van der Waals surface area contributed by atoms with Gasteiger partial charge in [-0.05, 0) is 11.4 Å². The van der Waals surface area contributed by atoms with Crippen LogP contribution in [0.4, 0.5) is 4.79 Å². The molecular weight excluding hydrogens is 194 g/mol. The smallest absolute Gasteiger partial charge is 0.404 e. The molecule has 0 unspecified atom stereocenters. The fourth-order valence-electron chi connectivity index (χ4n) is 0.630. The highest BCUT2D eigenvalue weighted by atomic mass is 32.2. The van der Waals surface area contributed by atoms with E-state index >= 15 is 0 Å². The molecule has 0 aromatic carbocycles. The molecule has 0 saturated heterocycles. The summed E-state index contributed by atoms with van der Waals surface area (Å²) in [4.78, 5) is 10.2. The van der Waals surface area contributed by atoms with Gasteiger partial charge < -0.3 is 10.5 Å². The van der Waals surface area contributed by atoms with Crippen molar-refractivity contribution in [3.63, 3.8) is 0 Å². The van der Waals surface area contributed by atoms with Crippen LogP contribution in [0, 0.1) is 0 Å². The van der Waals surface area contributed by atoms with Crippen molar-refractivity contribution in [1.82, 2.24) is 0 Å². The summed E-state index contributed by atoms with van der Waals surface area (Å²) in [5, 5.41) is 2.01. The number of primary amides is 1. The van der Waals surface area contributed by atoms with Gasteiger partial charge in [0, 0.05) is 5.75 Å². The lowest BCUT2D eigenvalue weighted by Gasteiger charge is -1.98. The monoisotopic (exact) mass is 203 g/mol. The van der Waals surface area contributed by atoms with Crippen molar-refractivity contribution >= 4 is 29.2 Å². The molecule has 1 aromatic rings. The van der Waals surface area contributed by atoms with E-state index in [0.29, 0.717) is 6.61 Å². The lowest BCUT2D eigenvalue weighted by atomic mass is 10.7. The Labute approximate surface area is 78.9 Å². The maximum atomic E-state index is 10.2. The number of amides is 1. The molecule has 12 heavy (non-hydrogen) atoms. The van der Waals surface area contributed by atoms with Gasteiger partial charge in [-0.2, -0.15) is 0 Å². The van der Waals surface area contributed by atoms with Gasteiger partial charge in [-0.25, -0.2) is 4.79 Å². The van der Waals surface area contributed by atoms with Gasteiger partial charge in [0.25, 0.3) is 0 Å². The zero-order valence-corrected chi connectivity index (χ0v) is 7.99. The number of nitrogens with two attached hydrogens (primary N) is 1. The van der Waals surface area contributed by atoms with Gasteiger partial charge in [0.1, 0.15) is 6.61 Å². The zero-order valence-electron chi connectivity index (χ0n) is 6.36. The van der Waals surface area contributed by atoms with Crippen molar-refractivity contribution in [2.45, 2.75) is 4.21 Å². The van der Waals surface area contributed by atoms with E-state index < -0.39 is 6.09 Å². The summed E-state index contributed by atoms with van der Waals surface area (Å²) in [6, 6.07) is 4.02. The molecule has 1 rings (SSSR count). The third kappa shape index (κ3) is 3.64. The van der Waals surface area contributed by atoms with Crippen LogP contribution in [0.5, 0.6) is 0 Å². The topological polar surface area (TPSA) is 52.3 Å². The van der Waals surface area contributed by atoms with E-state index in [4.69, 9.17) is 5.73 Å². The van der Waals surface area contributed by atoms with Gasteiger partial charge >= 0.3 is 6.09 Å². The number of carbonyl (C=O) groups excluding carboxylic acids is 1. The molecule has 0 aliphatic carbocycles. The average molecular weight is 203 g/mol. The van der Waals surface area contributed by atoms with Crippen molar-refractivity contribution < 1.29 is 9.53 Å². The lowest BCUT2D eigenvalue weighted by molar-refractivity contribution is 0.164. The molecule has 1 amide bonds. The van der Waals surface area contributed by atoms with Crippen molar-refractivity contribution in [3.05, 3.63) is 17.5 Å². The first-order chi connectivity index (χ1) is 5.79. The van der Waals surface area contributed by atoms with Crippen molar-refractivity contribution in [1.29, 1.82) is 0 Å². The minimum Gasteiger partial charge on any atom is -0.449 e. The summed E-state index contributed by atoms with van der Waals surface area (Å²) < 4.78 is 5.79. The van der Waals surface area contributed by atoms with Crippen LogP contribution >= 0.6 is 23.1 Å². The number of thioether (sulfide) groups is 1. The van der Waals surface area contributed by atoms with Gasteiger partial charge in [0.2, 0.25) is 0 Å². The Kier molecular flexibility index (Phi) is 3.96. The van der Waals surface area contributed by atoms with Crippen LogP contribution in [-0.2, 0) is 4.74 Å². The van der Waals surface area contributed by atoms with Crippen LogP contribution in [0.15, 0.2) is 21.7 Å². The van der Waals surface area contributed by atoms with Crippen LogP contribution in [-0.4, -0.2) is 18.5 Å². The van der Waals surface area contributed by atoms with Gasteiger partial charge in [-0.15, -0.1) is 23.1 Å². The number of ether oxygens (including phenoxy) is 1. The quantitative estimate of drug-likeness (QED) is 0.601. The van der Waals surface area contributed by atoms with E-state index in [1.165, 1.54) is 4.21 Å². The van der Waals surface area contributed by atoms with Gasteiger partial charge in [0.05, 0.1) is 4.21 Å². The molecule has 5 heteroatoms. The molecule has 0 radical (unpaired) electrons. The summed E-state index contributed by atoms with van der Waals surface area (Å²) in [5.74, 6) is 0.753. The Hall–Kier alpha value is -0.680. The molecule has 0 fully saturated rings. The summed E-state index contributed by atoms with van der Waals surface area (Å²) in [6.45, 7) is 0.373. The van der Waals surface area contributed by atoms with Gasteiger partial charge in [-0.3, -0.25) is 0 Å². The van der Waals surface area contributed by atoms with Gasteiger partial charge in [0.15, 0.2) is 0 Å². The molecule has 66 valence electrons. The molecule has 0 atom stereocenters. The van der Waals surface area contributed by atoms with E-state index in [9.17, 15) is 4.79 Å². The van der Waals surface area contributed by atoms with E-state index in [-0.39, 0.29) is 0 Å². The van der Waals surface area contributed by atoms with Crippen molar-refractivity contribution in [3.8, 4) is 0 Å². The Bertz CT molecular complexity index is 236. The molecule has 0 spiro atoms. The predicted molar refractivity (Wildman–Crippen MR) is 50.6 cm³/mol. The minimum atomic E-state index is -0.707. The second-order valence-electron chi connectivity index (χ2n) is 1.95. The molecule has 3 nitrogen and oxygen atoms in total. The number of carbonyl (C=O) groups is 1. The third-order valence-corrected chi connectivity index (χ3v) is 3.16.